The van der Waals surface area contributed by atoms with Crippen LogP contribution in [0.1, 0.15) is 12.0 Å². The molecule has 0 saturated carbocycles. The lowest BCUT2D eigenvalue weighted by molar-refractivity contribution is -0.119. The van der Waals surface area contributed by atoms with Crippen molar-refractivity contribution in [3.05, 3.63) is 29.8 Å². The molecule has 0 aromatic heterocycles. The molecule has 2 heterocycles. The van der Waals surface area contributed by atoms with Crippen molar-refractivity contribution in [1.82, 2.24) is 5.32 Å². The Labute approximate surface area is 106 Å². The SMILES string of the molecule is Cl.NC(=O)C1CC2(C=Nc3ccccc32)CN1. The lowest BCUT2D eigenvalue weighted by Gasteiger charge is -2.20. The molecular weight excluding hydrogens is 238 g/mol. The lowest BCUT2D eigenvalue weighted by Crippen LogP contribution is -2.36. The predicted octanol–water partition coefficient (Wildman–Crippen LogP) is 0.909. The van der Waals surface area contributed by atoms with Crippen LogP contribution in [0.2, 0.25) is 0 Å². The van der Waals surface area contributed by atoms with Crippen molar-refractivity contribution in [2.75, 3.05) is 6.54 Å². The minimum Gasteiger partial charge on any atom is -0.368 e. The molecule has 2 atom stereocenters. The van der Waals surface area contributed by atoms with Gasteiger partial charge in [0.1, 0.15) is 0 Å². The number of nitrogens with zero attached hydrogens (tertiary/aromatic N) is 1. The average Bonchev–Trinajstić information content (AvgIpc) is 2.87. The van der Waals surface area contributed by atoms with Gasteiger partial charge in [0.25, 0.3) is 0 Å². The fraction of sp³-hybridized carbons (Fsp3) is 0.333. The third-order valence-corrected chi connectivity index (χ3v) is 3.47. The summed E-state index contributed by atoms with van der Waals surface area (Å²) in [5.74, 6) is -0.283. The predicted molar refractivity (Wildman–Crippen MR) is 69.1 cm³/mol. The summed E-state index contributed by atoms with van der Waals surface area (Å²) in [6.45, 7) is 0.737. The third kappa shape index (κ3) is 1.73. The Morgan fingerprint density at radius 3 is 2.94 bits per heavy atom. The number of halogens is 1. The van der Waals surface area contributed by atoms with Gasteiger partial charge in [0.05, 0.1) is 11.7 Å². The molecule has 1 aromatic carbocycles. The molecule has 3 rings (SSSR count). The maximum Gasteiger partial charge on any atom is 0.234 e. The number of carbonyl (C=O) groups excluding carboxylic acids is 1. The van der Waals surface area contributed by atoms with E-state index in [1.807, 2.05) is 24.4 Å². The molecule has 1 spiro atoms. The van der Waals surface area contributed by atoms with Gasteiger partial charge in [-0.15, -0.1) is 12.4 Å². The van der Waals surface area contributed by atoms with Gasteiger partial charge in [0, 0.05) is 18.2 Å². The number of rotatable bonds is 1. The Kier molecular flexibility index (Phi) is 2.93. The summed E-state index contributed by atoms with van der Waals surface area (Å²) in [6, 6.07) is 7.82. The summed E-state index contributed by atoms with van der Waals surface area (Å²) in [7, 11) is 0. The summed E-state index contributed by atoms with van der Waals surface area (Å²) >= 11 is 0. The third-order valence-electron chi connectivity index (χ3n) is 3.47. The normalized spacial score (nSPS) is 29.1. The largest absolute Gasteiger partial charge is 0.368 e. The number of carbonyl (C=O) groups is 1. The number of hydrogen-bond acceptors (Lipinski definition) is 3. The zero-order valence-corrected chi connectivity index (χ0v) is 10.0. The molecule has 0 radical (unpaired) electrons. The maximum atomic E-state index is 11.2. The van der Waals surface area contributed by atoms with Crippen LogP contribution < -0.4 is 11.1 Å². The van der Waals surface area contributed by atoms with Crippen LogP contribution in [0.5, 0.6) is 0 Å². The number of fused-ring (bicyclic) bond motifs is 2. The van der Waals surface area contributed by atoms with Crippen LogP contribution in [0.4, 0.5) is 5.69 Å². The van der Waals surface area contributed by atoms with Gasteiger partial charge in [-0.05, 0) is 18.1 Å². The first-order valence-corrected chi connectivity index (χ1v) is 5.39. The number of hydrogen-bond donors (Lipinski definition) is 2. The molecule has 2 aliphatic heterocycles. The van der Waals surface area contributed by atoms with E-state index in [0.29, 0.717) is 6.42 Å². The number of benzene rings is 1. The van der Waals surface area contributed by atoms with Gasteiger partial charge in [0.15, 0.2) is 0 Å². The Balaban J connectivity index is 0.00000108. The first-order valence-electron chi connectivity index (χ1n) is 5.39. The lowest BCUT2D eigenvalue weighted by atomic mass is 9.80. The van der Waals surface area contributed by atoms with Crippen LogP contribution in [-0.4, -0.2) is 24.7 Å². The number of amides is 1. The summed E-state index contributed by atoms with van der Waals surface area (Å²) in [4.78, 5) is 15.6. The molecule has 0 bridgehead atoms. The molecule has 5 heteroatoms. The minimum atomic E-state index is -0.283. The standard InChI is InChI=1S/C12H13N3O.ClH/c13-11(16)10-5-12(7-15-10)6-14-9-4-2-1-3-8(9)12;/h1-4,6,10,15H,5,7H2,(H2,13,16);1H. The van der Waals surface area contributed by atoms with E-state index in [1.54, 1.807) is 0 Å². The van der Waals surface area contributed by atoms with E-state index in [1.165, 1.54) is 5.56 Å². The zero-order valence-electron chi connectivity index (χ0n) is 9.22. The molecule has 2 aliphatic rings. The summed E-state index contributed by atoms with van der Waals surface area (Å²) in [6.07, 6.45) is 2.66. The monoisotopic (exact) mass is 251 g/mol. The summed E-state index contributed by atoms with van der Waals surface area (Å²) in [5.41, 5.74) is 7.40. The minimum absolute atomic E-state index is 0. The van der Waals surface area contributed by atoms with Crippen LogP contribution in [-0.2, 0) is 10.2 Å². The number of para-hydroxylation sites is 1. The highest BCUT2D eigenvalue weighted by molar-refractivity contribution is 5.89. The van der Waals surface area contributed by atoms with Gasteiger partial charge in [-0.2, -0.15) is 0 Å². The van der Waals surface area contributed by atoms with Crippen molar-refractivity contribution < 1.29 is 4.79 Å². The van der Waals surface area contributed by atoms with Gasteiger partial charge in [0.2, 0.25) is 5.91 Å². The molecule has 0 aliphatic carbocycles. The Morgan fingerprint density at radius 1 is 1.47 bits per heavy atom. The van der Waals surface area contributed by atoms with Crippen molar-refractivity contribution in [3.63, 3.8) is 0 Å². The first kappa shape index (κ1) is 12.1. The first-order chi connectivity index (χ1) is 7.71. The second kappa shape index (κ2) is 4.13. The van der Waals surface area contributed by atoms with Gasteiger partial charge < -0.3 is 11.1 Å². The fourth-order valence-electron chi connectivity index (χ4n) is 2.59. The average molecular weight is 252 g/mol. The van der Waals surface area contributed by atoms with Crippen LogP contribution in [0, 0.1) is 0 Å². The Hall–Kier alpha value is -1.39. The molecule has 1 saturated heterocycles. The highest BCUT2D eigenvalue weighted by Gasteiger charge is 2.44. The van der Waals surface area contributed by atoms with E-state index in [2.05, 4.69) is 16.4 Å². The van der Waals surface area contributed by atoms with Gasteiger partial charge in [-0.1, -0.05) is 18.2 Å². The quantitative estimate of drug-likeness (QED) is 0.779. The maximum absolute atomic E-state index is 11.2. The van der Waals surface area contributed by atoms with E-state index < -0.39 is 0 Å². The van der Waals surface area contributed by atoms with E-state index in [9.17, 15) is 4.79 Å². The zero-order chi connectivity index (χ0) is 11.2. The van der Waals surface area contributed by atoms with E-state index in [4.69, 9.17) is 5.73 Å². The molecule has 1 fully saturated rings. The molecule has 90 valence electrons. The van der Waals surface area contributed by atoms with Gasteiger partial charge >= 0.3 is 0 Å². The van der Waals surface area contributed by atoms with Crippen molar-refractivity contribution in [3.8, 4) is 0 Å². The van der Waals surface area contributed by atoms with Crippen LogP contribution in [0.25, 0.3) is 0 Å². The molecule has 1 amide bonds. The van der Waals surface area contributed by atoms with E-state index in [-0.39, 0.29) is 29.8 Å². The summed E-state index contributed by atoms with van der Waals surface area (Å²) in [5, 5.41) is 3.16. The number of nitrogens with one attached hydrogen (secondary N) is 1. The Morgan fingerprint density at radius 2 is 2.24 bits per heavy atom. The van der Waals surface area contributed by atoms with Crippen molar-refractivity contribution >= 4 is 30.2 Å². The molecule has 2 unspecified atom stereocenters. The molecular formula is C12H14ClN3O. The van der Waals surface area contributed by atoms with E-state index in [0.717, 1.165) is 12.2 Å². The molecule has 4 nitrogen and oxygen atoms in total. The number of nitrogens with two attached hydrogens (primary N) is 1. The van der Waals surface area contributed by atoms with Crippen molar-refractivity contribution in [2.45, 2.75) is 17.9 Å². The van der Waals surface area contributed by atoms with E-state index >= 15 is 0 Å². The Bertz CT molecular complexity index is 488. The molecule has 3 N–H and O–H groups in total. The smallest absolute Gasteiger partial charge is 0.234 e. The molecule has 17 heavy (non-hydrogen) atoms. The fourth-order valence-corrected chi connectivity index (χ4v) is 2.59. The highest BCUT2D eigenvalue weighted by Crippen LogP contribution is 2.41. The van der Waals surface area contributed by atoms with Crippen LogP contribution >= 0.6 is 12.4 Å². The van der Waals surface area contributed by atoms with Crippen molar-refractivity contribution in [1.29, 1.82) is 0 Å². The second-order valence-corrected chi connectivity index (χ2v) is 4.47. The topological polar surface area (TPSA) is 67.5 Å². The van der Waals surface area contributed by atoms with Gasteiger partial charge in [-0.3, -0.25) is 9.79 Å². The molecule has 1 aromatic rings. The number of aliphatic imine (C=N–C) groups is 1. The van der Waals surface area contributed by atoms with Crippen LogP contribution in [0.3, 0.4) is 0 Å². The van der Waals surface area contributed by atoms with Crippen molar-refractivity contribution in [2.24, 2.45) is 10.7 Å². The highest BCUT2D eigenvalue weighted by atomic mass is 35.5. The van der Waals surface area contributed by atoms with Crippen LogP contribution in [0.15, 0.2) is 29.3 Å². The second-order valence-electron chi connectivity index (χ2n) is 4.47. The summed E-state index contributed by atoms with van der Waals surface area (Å²) < 4.78 is 0. The van der Waals surface area contributed by atoms with Gasteiger partial charge in [-0.25, -0.2) is 0 Å². The number of primary amides is 1.